The Hall–Kier alpha value is -2.29. The fraction of sp³-hybridized carbons (Fsp3) is 0.235. The lowest BCUT2D eigenvalue weighted by Crippen LogP contribution is -2.15. The van der Waals surface area contributed by atoms with Crippen LogP contribution in [0.25, 0.3) is 22.3 Å². The molecular weight excluding hydrogens is 248 g/mol. The summed E-state index contributed by atoms with van der Waals surface area (Å²) in [5.74, 6) is 0.737. The number of nitrogens with two attached hydrogens (primary N) is 1. The maximum atomic E-state index is 7.77. The van der Waals surface area contributed by atoms with Crippen LogP contribution in [0.1, 0.15) is 26.3 Å². The zero-order valence-electron chi connectivity index (χ0n) is 11.9. The van der Waals surface area contributed by atoms with Gasteiger partial charge in [0.15, 0.2) is 0 Å². The first-order chi connectivity index (χ1) is 9.36. The molecule has 3 N–H and O–H groups in total. The van der Waals surface area contributed by atoms with Crippen LogP contribution in [0.4, 0.5) is 5.69 Å². The normalized spacial score (nSPS) is 12.2. The minimum atomic E-state index is -0.0209. The van der Waals surface area contributed by atoms with E-state index >= 15 is 0 Å². The van der Waals surface area contributed by atoms with Gasteiger partial charge in [-0.3, -0.25) is 0 Å². The fourth-order valence-electron chi connectivity index (χ4n) is 2.71. The molecule has 0 bridgehead atoms. The Labute approximate surface area is 117 Å². The minimum Gasteiger partial charge on any atom is -0.456 e. The van der Waals surface area contributed by atoms with Crippen molar-refractivity contribution in [3.05, 3.63) is 47.3 Å². The predicted octanol–water partition coefficient (Wildman–Crippen LogP) is 3.90. The van der Waals surface area contributed by atoms with Crippen LogP contribution in [0.3, 0.4) is 0 Å². The van der Waals surface area contributed by atoms with E-state index in [-0.39, 0.29) is 5.41 Å². The quantitative estimate of drug-likeness (QED) is 0.479. The first kappa shape index (κ1) is 12.7. The molecule has 1 aromatic carbocycles. The van der Waals surface area contributed by atoms with Gasteiger partial charge in [-0.15, -0.1) is 0 Å². The van der Waals surface area contributed by atoms with Crippen molar-refractivity contribution in [1.82, 2.24) is 0 Å². The van der Waals surface area contributed by atoms with Crippen LogP contribution in [0.5, 0.6) is 0 Å². The number of nitrogens with one attached hydrogen (secondary N) is 1. The number of rotatable bonds is 0. The summed E-state index contributed by atoms with van der Waals surface area (Å²) in [5, 5.41) is 9.30. The van der Waals surface area contributed by atoms with E-state index in [4.69, 9.17) is 15.6 Å². The zero-order valence-corrected chi connectivity index (χ0v) is 11.9. The third-order valence-corrected chi connectivity index (χ3v) is 3.50. The molecule has 0 atom stereocenters. The number of nitrogen functional groups attached to an aromatic ring is 1. The van der Waals surface area contributed by atoms with Crippen LogP contribution in [0.2, 0.25) is 0 Å². The van der Waals surface area contributed by atoms with Gasteiger partial charge in [0.2, 0.25) is 0 Å². The minimum absolute atomic E-state index is 0.0209. The van der Waals surface area contributed by atoms with Crippen molar-refractivity contribution >= 4 is 16.7 Å². The van der Waals surface area contributed by atoms with Gasteiger partial charge in [-0.1, -0.05) is 20.8 Å². The van der Waals surface area contributed by atoms with Crippen LogP contribution >= 0.6 is 0 Å². The number of fused-ring (bicyclic) bond motifs is 2. The van der Waals surface area contributed by atoms with Crippen molar-refractivity contribution in [2.45, 2.75) is 26.2 Å². The van der Waals surface area contributed by atoms with Gasteiger partial charge in [-0.25, -0.2) is 0 Å². The lowest BCUT2D eigenvalue weighted by atomic mass is 9.80. The zero-order chi connectivity index (χ0) is 14.5. The van der Waals surface area contributed by atoms with Crippen molar-refractivity contribution < 1.29 is 4.42 Å². The standard InChI is InChI=1S/C17H18N2O/c1-17(2,3)16-12-6-4-10(18)8-14(12)20-15-9-11(19)5-7-13(15)16/h4-9,18H,19H2,1-3H3. The molecule has 3 heteroatoms. The molecule has 0 spiro atoms. The van der Waals surface area contributed by atoms with Gasteiger partial charge in [0.1, 0.15) is 11.3 Å². The Morgan fingerprint density at radius 1 is 1.05 bits per heavy atom. The van der Waals surface area contributed by atoms with Crippen LogP contribution in [-0.4, -0.2) is 0 Å². The summed E-state index contributed by atoms with van der Waals surface area (Å²) in [5.41, 5.74) is 9.58. The molecule has 0 fully saturated rings. The molecule has 1 heterocycles. The van der Waals surface area contributed by atoms with Gasteiger partial charge in [0.25, 0.3) is 0 Å². The molecule has 1 aromatic rings. The molecule has 20 heavy (non-hydrogen) atoms. The molecular formula is C17H18N2O. The smallest absolute Gasteiger partial charge is 0.137 e. The topological polar surface area (TPSA) is 63.0 Å². The molecule has 0 radical (unpaired) electrons. The van der Waals surface area contributed by atoms with Crippen LogP contribution in [-0.2, 0) is 5.41 Å². The second-order valence-corrected chi connectivity index (χ2v) is 6.19. The average Bonchev–Trinajstić information content (AvgIpc) is 2.34. The number of hydrogen-bond acceptors (Lipinski definition) is 3. The van der Waals surface area contributed by atoms with Crippen LogP contribution in [0, 0.1) is 5.41 Å². The maximum Gasteiger partial charge on any atom is 0.137 e. The molecule has 1 aliphatic carbocycles. The van der Waals surface area contributed by atoms with Crippen molar-refractivity contribution in [2.24, 2.45) is 0 Å². The highest BCUT2D eigenvalue weighted by Crippen LogP contribution is 2.40. The molecule has 1 aliphatic heterocycles. The van der Waals surface area contributed by atoms with Crippen molar-refractivity contribution in [3.8, 4) is 11.3 Å². The highest BCUT2D eigenvalue weighted by Gasteiger charge is 2.24. The van der Waals surface area contributed by atoms with E-state index in [1.807, 2.05) is 24.3 Å². The average molecular weight is 266 g/mol. The number of anilines is 1. The third-order valence-electron chi connectivity index (χ3n) is 3.50. The maximum absolute atomic E-state index is 7.77. The lowest BCUT2D eigenvalue weighted by molar-refractivity contribution is 0.573. The van der Waals surface area contributed by atoms with Gasteiger partial charge in [-0.2, -0.15) is 0 Å². The Bertz CT molecular complexity index is 825. The summed E-state index contributed by atoms with van der Waals surface area (Å²) >= 11 is 0. The van der Waals surface area contributed by atoms with Gasteiger partial charge >= 0.3 is 0 Å². The molecule has 0 aromatic heterocycles. The summed E-state index contributed by atoms with van der Waals surface area (Å²) in [6.45, 7) is 6.56. The Balaban J connectivity index is 2.56. The Morgan fingerprint density at radius 2 is 1.80 bits per heavy atom. The summed E-state index contributed by atoms with van der Waals surface area (Å²) < 4.78 is 5.94. The van der Waals surface area contributed by atoms with Crippen LogP contribution < -0.4 is 11.1 Å². The number of hydrogen-bond donors (Lipinski definition) is 2. The van der Waals surface area contributed by atoms with Crippen molar-refractivity contribution in [2.75, 3.05) is 5.73 Å². The molecule has 2 aliphatic rings. The van der Waals surface area contributed by atoms with E-state index in [1.165, 1.54) is 5.56 Å². The summed E-state index contributed by atoms with van der Waals surface area (Å²) in [6, 6.07) is 11.3. The van der Waals surface area contributed by atoms with Crippen molar-refractivity contribution in [3.63, 3.8) is 0 Å². The molecule has 0 saturated heterocycles. The van der Waals surface area contributed by atoms with E-state index in [0.29, 0.717) is 11.0 Å². The van der Waals surface area contributed by atoms with E-state index in [9.17, 15) is 0 Å². The molecule has 102 valence electrons. The van der Waals surface area contributed by atoms with Gasteiger partial charge in [0, 0.05) is 28.8 Å². The molecule has 0 amide bonds. The summed E-state index contributed by atoms with van der Waals surface area (Å²) in [6.07, 6.45) is 0. The molecule has 0 saturated carbocycles. The van der Waals surface area contributed by atoms with Crippen LogP contribution in [0.15, 0.2) is 40.8 Å². The van der Waals surface area contributed by atoms with Gasteiger partial charge < -0.3 is 15.6 Å². The molecule has 0 unspecified atom stereocenters. The Kier molecular flexibility index (Phi) is 2.61. The van der Waals surface area contributed by atoms with Crippen molar-refractivity contribution in [1.29, 1.82) is 5.41 Å². The first-order valence-corrected chi connectivity index (χ1v) is 6.67. The lowest BCUT2D eigenvalue weighted by Gasteiger charge is -2.25. The third kappa shape index (κ3) is 1.95. The summed E-state index contributed by atoms with van der Waals surface area (Å²) in [7, 11) is 0. The molecule has 3 rings (SSSR count). The SMILES string of the molecule is CC(C)(C)c1c2ccc(=N)cc-2oc2cc(N)ccc12. The van der Waals surface area contributed by atoms with E-state index in [2.05, 4.69) is 20.8 Å². The van der Waals surface area contributed by atoms with E-state index < -0.39 is 0 Å². The van der Waals surface area contributed by atoms with Gasteiger partial charge in [0.05, 0.1) is 5.36 Å². The Morgan fingerprint density at radius 3 is 2.50 bits per heavy atom. The monoisotopic (exact) mass is 266 g/mol. The second-order valence-electron chi connectivity index (χ2n) is 6.19. The second kappa shape index (κ2) is 4.10. The number of benzene rings is 2. The van der Waals surface area contributed by atoms with Gasteiger partial charge in [-0.05, 0) is 35.2 Å². The largest absolute Gasteiger partial charge is 0.456 e. The highest BCUT2D eigenvalue weighted by atomic mass is 16.3. The summed E-state index contributed by atoms with van der Waals surface area (Å²) in [4.78, 5) is 0. The highest BCUT2D eigenvalue weighted by molar-refractivity contribution is 5.90. The van der Waals surface area contributed by atoms with E-state index in [1.54, 1.807) is 12.1 Å². The fourth-order valence-corrected chi connectivity index (χ4v) is 2.71. The van der Waals surface area contributed by atoms with E-state index in [0.717, 1.165) is 22.3 Å². The predicted molar refractivity (Wildman–Crippen MR) is 81.8 cm³/mol. The first-order valence-electron chi connectivity index (χ1n) is 6.67. The molecule has 3 nitrogen and oxygen atoms in total.